The topological polar surface area (TPSA) is 75.3 Å². The minimum atomic E-state index is -3.73. The van der Waals surface area contributed by atoms with Crippen LogP contribution in [-0.2, 0) is 14.8 Å². The van der Waals surface area contributed by atoms with Gasteiger partial charge >= 0.3 is 0 Å². The van der Waals surface area contributed by atoms with Crippen LogP contribution in [0.4, 0.5) is 5.69 Å². The summed E-state index contributed by atoms with van der Waals surface area (Å²) in [6.45, 7) is 3.16. The van der Waals surface area contributed by atoms with Crippen molar-refractivity contribution in [2.45, 2.75) is 18.7 Å². The number of hydrogen-bond acceptors (Lipinski definition) is 3. The van der Waals surface area contributed by atoms with E-state index in [4.69, 9.17) is 11.6 Å². The normalized spacial score (nSPS) is 11.3. The van der Waals surface area contributed by atoms with E-state index >= 15 is 0 Å². The third kappa shape index (κ3) is 4.54. The summed E-state index contributed by atoms with van der Waals surface area (Å²) in [5.41, 5.74) is 2.01. The molecule has 0 atom stereocenters. The molecule has 0 spiro atoms. The molecule has 0 aliphatic carbocycles. The van der Waals surface area contributed by atoms with E-state index in [0.717, 1.165) is 5.56 Å². The molecule has 0 heterocycles. The van der Waals surface area contributed by atoms with Crippen molar-refractivity contribution in [2.75, 3.05) is 11.9 Å². The van der Waals surface area contributed by atoms with Crippen LogP contribution < -0.4 is 10.0 Å². The molecule has 2 rings (SSSR count). The van der Waals surface area contributed by atoms with Gasteiger partial charge in [-0.15, -0.1) is 0 Å². The Morgan fingerprint density at radius 2 is 1.78 bits per heavy atom. The fourth-order valence-electron chi connectivity index (χ4n) is 2.06. The molecule has 5 nitrogen and oxygen atoms in total. The fourth-order valence-corrected chi connectivity index (χ4v) is 3.51. The second-order valence-electron chi connectivity index (χ2n) is 5.10. The summed E-state index contributed by atoms with van der Waals surface area (Å²) in [6.07, 6.45) is 0. The summed E-state index contributed by atoms with van der Waals surface area (Å²) >= 11 is 5.85. The van der Waals surface area contributed by atoms with Crippen LogP contribution in [0.2, 0.25) is 5.02 Å². The first-order valence-electron chi connectivity index (χ1n) is 6.91. The SMILES string of the molecule is Cc1cc(Cl)ccc1NC(=O)CNS(=O)(=O)c1ccccc1C. The molecular formula is C16H17ClN2O3S. The van der Waals surface area contributed by atoms with E-state index in [0.29, 0.717) is 16.3 Å². The van der Waals surface area contributed by atoms with Crippen molar-refractivity contribution in [2.24, 2.45) is 0 Å². The molecule has 1 amide bonds. The Morgan fingerprint density at radius 1 is 1.09 bits per heavy atom. The maximum absolute atomic E-state index is 12.2. The lowest BCUT2D eigenvalue weighted by Gasteiger charge is -2.11. The van der Waals surface area contributed by atoms with Crippen LogP contribution in [0, 0.1) is 13.8 Å². The van der Waals surface area contributed by atoms with E-state index in [1.807, 2.05) is 0 Å². The maximum Gasteiger partial charge on any atom is 0.241 e. The van der Waals surface area contributed by atoms with Gasteiger partial charge in [0.1, 0.15) is 0 Å². The Morgan fingerprint density at radius 3 is 2.43 bits per heavy atom. The van der Waals surface area contributed by atoms with Crippen molar-refractivity contribution in [3.8, 4) is 0 Å². The molecule has 2 aromatic carbocycles. The molecule has 122 valence electrons. The average molecular weight is 353 g/mol. The maximum atomic E-state index is 12.2. The molecule has 0 aliphatic heterocycles. The Balaban J connectivity index is 2.03. The van der Waals surface area contributed by atoms with Gasteiger partial charge in [-0.3, -0.25) is 4.79 Å². The largest absolute Gasteiger partial charge is 0.325 e. The van der Waals surface area contributed by atoms with Crippen LogP contribution in [0.15, 0.2) is 47.4 Å². The second kappa shape index (κ2) is 7.12. The molecule has 0 bridgehead atoms. The molecule has 2 aromatic rings. The lowest BCUT2D eigenvalue weighted by molar-refractivity contribution is -0.115. The third-order valence-electron chi connectivity index (χ3n) is 3.27. The van der Waals surface area contributed by atoms with Crippen LogP contribution in [-0.4, -0.2) is 20.9 Å². The molecular weight excluding hydrogens is 336 g/mol. The van der Waals surface area contributed by atoms with Gasteiger partial charge in [-0.05, 0) is 49.2 Å². The van der Waals surface area contributed by atoms with E-state index in [9.17, 15) is 13.2 Å². The molecule has 0 aliphatic rings. The molecule has 0 unspecified atom stereocenters. The quantitative estimate of drug-likeness (QED) is 0.868. The lowest BCUT2D eigenvalue weighted by Crippen LogP contribution is -2.33. The number of anilines is 1. The van der Waals surface area contributed by atoms with Crippen LogP contribution in [0.1, 0.15) is 11.1 Å². The predicted molar refractivity (Wildman–Crippen MR) is 91.2 cm³/mol. The number of amides is 1. The predicted octanol–water partition coefficient (Wildman–Crippen LogP) is 2.87. The fraction of sp³-hybridized carbons (Fsp3) is 0.188. The highest BCUT2D eigenvalue weighted by molar-refractivity contribution is 7.89. The zero-order chi connectivity index (χ0) is 17.0. The highest BCUT2D eigenvalue weighted by atomic mass is 35.5. The number of carbonyl (C=O) groups excluding carboxylic acids is 1. The van der Waals surface area contributed by atoms with Crippen LogP contribution in [0.25, 0.3) is 0 Å². The molecule has 23 heavy (non-hydrogen) atoms. The molecule has 0 aromatic heterocycles. The highest BCUT2D eigenvalue weighted by Gasteiger charge is 2.17. The van der Waals surface area contributed by atoms with Gasteiger partial charge in [0.15, 0.2) is 0 Å². The van der Waals surface area contributed by atoms with Crippen molar-refractivity contribution in [3.63, 3.8) is 0 Å². The number of rotatable bonds is 5. The van der Waals surface area contributed by atoms with E-state index < -0.39 is 15.9 Å². The van der Waals surface area contributed by atoms with E-state index in [2.05, 4.69) is 10.0 Å². The van der Waals surface area contributed by atoms with Gasteiger partial charge in [0, 0.05) is 10.7 Å². The number of hydrogen-bond donors (Lipinski definition) is 2. The zero-order valence-corrected chi connectivity index (χ0v) is 14.3. The summed E-state index contributed by atoms with van der Waals surface area (Å²) in [6, 6.07) is 11.6. The molecule has 2 N–H and O–H groups in total. The summed E-state index contributed by atoms with van der Waals surface area (Å²) < 4.78 is 26.7. The highest BCUT2D eigenvalue weighted by Crippen LogP contribution is 2.19. The number of benzene rings is 2. The Kier molecular flexibility index (Phi) is 5.41. The molecule has 7 heteroatoms. The summed E-state index contributed by atoms with van der Waals surface area (Å²) in [4.78, 5) is 12.1. The minimum absolute atomic E-state index is 0.162. The van der Waals surface area contributed by atoms with Crippen molar-refractivity contribution in [3.05, 3.63) is 58.6 Å². The molecule has 0 fully saturated rings. The third-order valence-corrected chi connectivity index (χ3v) is 5.06. The van der Waals surface area contributed by atoms with Gasteiger partial charge < -0.3 is 5.32 Å². The van der Waals surface area contributed by atoms with Gasteiger partial charge in [-0.2, -0.15) is 0 Å². The summed E-state index contributed by atoms with van der Waals surface area (Å²) in [7, 11) is -3.73. The minimum Gasteiger partial charge on any atom is -0.325 e. The van der Waals surface area contributed by atoms with E-state index in [1.165, 1.54) is 6.07 Å². The number of sulfonamides is 1. The smallest absolute Gasteiger partial charge is 0.241 e. The monoisotopic (exact) mass is 352 g/mol. The Hall–Kier alpha value is -1.89. The van der Waals surface area contributed by atoms with Gasteiger partial charge in [-0.1, -0.05) is 29.8 Å². The van der Waals surface area contributed by atoms with Crippen molar-refractivity contribution in [1.29, 1.82) is 0 Å². The van der Waals surface area contributed by atoms with Gasteiger partial charge in [0.2, 0.25) is 15.9 Å². The van der Waals surface area contributed by atoms with Crippen molar-refractivity contribution in [1.82, 2.24) is 4.72 Å². The molecule has 0 saturated carbocycles. The van der Waals surface area contributed by atoms with E-state index in [1.54, 1.807) is 50.2 Å². The van der Waals surface area contributed by atoms with E-state index in [-0.39, 0.29) is 11.4 Å². The number of carbonyl (C=O) groups is 1. The van der Waals surface area contributed by atoms with Gasteiger partial charge in [0.25, 0.3) is 0 Å². The molecule has 0 saturated heterocycles. The Bertz CT molecular complexity index is 835. The Labute approximate surface area is 140 Å². The first-order chi connectivity index (χ1) is 10.8. The zero-order valence-electron chi connectivity index (χ0n) is 12.8. The van der Waals surface area contributed by atoms with Crippen LogP contribution in [0.5, 0.6) is 0 Å². The average Bonchev–Trinajstić information content (AvgIpc) is 2.48. The van der Waals surface area contributed by atoms with Crippen LogP contribution >= 0.6 is 11.6 Å². The molecule has 0 radical (unpaired) electrons. The number of nitrogens with one attached hydrogen (secondary N) is 2. The first kappa shape index (κ1) is 17.5. The lowest BCUT2D eigenvalue weighted by atomic mass is 10.2. The standard InChI is InChI=1S/C16H17ClN2O3S/c1-11-5-3-4-6-15(11)23(21,22)18-10-16(20)19-14-8-7-13(17)9-12(14)2/h3-9,18H,10H2,1-2H3,(H,19,20). The van der Waals surface area contributed by atoms with Crippen molar-refractivity contribution >= 4 is 33.2 Å². The van der Waals surface area contributed by atoms with Gasteiger partial charge in [-0.25, -0.2) is 13.1 Å². The number of halogens is 1. The number of aryl methyl sites for hydroxylation is 2. The summed E-state index contributed by atoms with van der Waals surface area (Å²) in [5.74, 6) is -0.451. The van der Waals surface area contributed by atoms with Crippen LogP contribution in [0.3, 0.4) is 0 Å². The summed E-state index contributed by atoms with van der Waals surface area (Å²) in [5, 5.41) is 3.22. The van der Waals surface area contributed by atoms with Gasteiger partial charge in [0.05, 0.1) is 11.4 Å². The first-order valence-corrected chi connectivity index (χ1v) is 8.77. The second-order valence-corrected chi connectivity index (χ2v) is 7.27. The van der Waals surface area contributed by atoms with Crippen molar-refractivity contribution < 1.29 is 13.2 Å².